The van der Waals surface area contributed by atoms with E-state index in [1.54, 1.807) is 0 Å². The standard InChI is InChI=1S/C86H88N2/c1-81(2,3)63-31-39-67(40-32-63)87(68-41-33-64(34-42-68)82(4,5)6)71-47-51-75-73-49-25-59(53-77(73)85(13,14)79(75)55-71)19-17-57-21-27-61(28-22-57)62-29-23-58(24-30-62)18-20-60-26-50-74-76-52-48-72(56-80(76)86(15,16)78(74)54-60)88(69-43-35-65(36-44-69)83(7,8)9)70-45-37-66(38-46-70)84(10,11)12/h17-56H,1-16H3/b19-17+,20-18+. The van der Waals surface area contributed by atoms with Crippen LogP contribution in [0.2, 0.25) is 0 Å². The van der Waals surface area contributed by atoms with E-state index >= 15 is 0 Å². The molecule has 0 N–H and O–H groups in total. The second-order valence-electron chi connectivity index (χ2n) is 30.1. The van der Waals surface area contributed by atoms with Crippen molar-refractivity contribution in [2.75, 3.05) is 9.80 Å². The molecular weight excluding hydrogens is 1060 g/mol. The molecule has 2 nitrogen and oxygen atoms in total. The molecule has 0 radical (unpaired) electrons. The predicted octanol–water partition coefficient (Wildman–Crippen LogP) is 24.4. The average Bonchev–Trinajstić information content (AvgIpc) is 1.78. The summed E-state index contributed by atoms with van der Waals surface area (Å²) in [6, 6.07) is 82.7. The Bertz CT molecular complexity index is 3870. The van der Waals surface area contributed by atoms with Gasteiger partial charge in [0.1, 0.15) is 0 Å². The molecule has 0 aromatic heterocycles. The van der Waals surface area contributed by atoms with E-state index in [0.29, 0.717) is 0 Å². The maximum Gasteiger partial charge on any atom is 0.0465 e. The van der Waals surface area contributed by atoms with Gasteiger partial charge in [-0.2, -0.15) is 0 Å². The first-order valence-electron chi connectivity index (χ1n) is 31.8. The Morgan fingerprint density at radius 1 is 0.239 bits per heavy atom. The second-order valence-corrected chi connectivity index (χ2v) is 30.1. The number of rotatable bonds is 11. The Labute approximate surface area is 527 Å². The fourth-order valence-electron chi connectivity index (χ4n) is 13.3. The summed E-state index contributed by atoms with van der Waals surface area (Å²) in [4.78, 5) is 4.84. The molecule has 0 saturated heterocycles. The van der Waals surface area contributed by atoms with Crippen molar-refractivity contribution in [2.24, 2.45) is 0 Å². The van der Waals surface area contributed by atoms with Crippen molar-refractivity contribution >= 4 is 58.4 Å². The Morgan fingerprint density at radius 2 is 0.455 bits per heavy atom. The van der Waals surface area contributed by atoms with Gasteiger partial charge in [-0.1, -0.05) is 281 Å². The summed E-state index contributed by atoms with van der Waals surface area (Å²) >= 11 is 0. The smallest absolute Gasteiger partial charge is 0.0465 e. The second kappa shape index (κ2) is 22.1. The van der Waals surface area contributed by atoms with Crippen molar-refractivity contribution in [1.29, 1.82) is 0 Å². The van der Waals surface area contributed by atoms with Crippen LogP contribution in [0.5, 0.6) is 0 Å². The zero-order chi connectivity index (χ0) is 62.3. The lowest BCUT2D eigenvalue weighted by Crippen LogP contribution is -2.17. The molecule has 0 aliphatic heterocycles. The maximum absolute atomic E-state index is 2.44. The lowest BCUT2D eigenvalue weighted by Gasteiger charge is -2.29. The summed E-state index contributed by atoms with van der Waals surface area (Å²) in [6.07, 6.45) is 9.01. The van der Waals surface area contributed by atoms with Gasteiger partial charge >= 0.3 is 0 Å². The van der Waals surface area contributed by atoms with Crippen molar-refractivity contribution < 1.29 is 0 Å². The largest absolute Gasteiger partial charge is 0.310 e. The molecule has 0 fully saturated rings. The van der Waals surface area contributed by atoms with Gasteiger partial charge in [0.15, 0.2) is 0 Å². The molecule has 0 unspecified atom stereocenters. The molecule has 0 atom stereocenters. The zero-order valence-corrected chi connectivity index (χ0v) is 55.0. The van der Waals surface area contributed by atoms with Crippen LogP contribution in [0, 0.1) is 0 Å². The lowest BCUT2D eigenvalue weighted by molar-refractivity contribution is 0.590. The van der Waals surface area contributed by atoms with Crippen molar-refractivity contribution in [1.82, 2.24) is 0 Å². The minimum absolute atomic E-state index is 0.0778. The molecular formula is C86H88N2. The van der Waals surface area contributed by atoms with Gasteiger partial charge in [0, 0.05) is 45.0 Å². The summed E-state index contributed by atoms with van der Waals surface area (Å²) < 4.78 is 0. The lowest BCUT2D eigenvalue weighted by atomic mass is 9.81. The van der Waals surface area contributed by atoms with Gasteiger partial charge in [0.05, 0.1) is 0 Å². The van der Waals surface area contributed by atoms with E-state index in [-0.39, 0.29) is 32.5 Å². The third-order valence-electron chi connectivity index (χ3n) is 18.9. The normalized spacial score (nSPS) is 14.2. The Balaban J connectivity index is 0.725. The summed E-state index contributed by atoms with van der Waals surface area (Å²) in [6.45, 7) is 36.9. The summed E-state index contributed by atoms with van der Waals surface area (Å²) in [5.41, 5.74) is 30.1. The third kappa shape index (κ3) is 11.6. The van der Waals surface area contributed by atoms with Crippen LogP contribution >= 0.6 is 0 Å². The van der Waals surface area contributed by atoms with E-state index in [1.165, 1.54) is 112 Å². The maximum atomic E-state index is 2.44. The Kier molecular flexibility index (Phi) is 15.0. The van der Waals surface area contributed by atoms with Crippen LogP contribution in [-0.4, -0.2) is 0 Å². The summed E-state index contributed by atoms with van der Waals surface area (Å²) in [5, 5.41) is 0. The van der Waals surface area contributed by atoms with E-state index in [4.69, 9.17) is 0 Å². The molecule has 0 saturated carbocycles. The summed E-state index contributed by atoms with van der Waals surface area (Å²) in [5.74, 6) is 0. The molecule has 88 heavy (non-hydrogen) atoms. The average molecular weight is 1150 g/mol. The monoisotopic (exact) mass is 1150 g/mol. The molecule has 0 spiro atoms. The number of fused-ring (bicyclic) bond motifs is 6. The SMILES string of the molecule is CC(C)(C)c1ccc(N(c2ccc(C(C)(C)C)cc2)c2ccc3c(c2)C(C)(C)c2cc(/C=C/c4ccc(-c5ccc(/C=C/c6ccc7c(c6)C(C)(C)c6cc(N(c8ccc(C(C)(C)C)cc8)c8ccc(C(C)(C)C)cc8)ccc6-7)cc5)cc4)ccc2-3)cc1. The molecule has 10 aromatic rings. The number of nitrogens with zero attached hydrogens (tertiary/aromatic N) is 2. The summed E-state index contributed by atoms with van der Waals surface area (Å²) in [7, 11) is 0. The number of anilines is 6. The van der Waals surface area contributed by atoms with E-state index in [2.05, 4.69) is 363 Å². The first kappa shape index (κ1) is 59.6. The van der Waals surface area contributed by atoms with Crippen molar-refractivity contribution in [3.63, 3.8) is 0 Å². The predicted molar refractivity (Wildman–Crippen MR) is 382 cm³/mol. The number of benzene rings is 10. The first-order chi connectivity index (χ1) is 41.6. The van der Waals surface area contributed by atoms with E-state index < -0.39 is 0 Å². The fraction of sp³-hybridized carbons (Fsp3) is 0.256. The van der Waals surface area contributed by atoms with Gasteiger partial charge in [0.2, 0.25) is 0 Å². The Morgan fingerprint density at radius 3 is 0.716 bits per heavy atom. The van der Waals surface area contributed by atoms with Crippen molar-refractivity contribution in [3.05, 3.63) is 285 Å². The van der Waals surface area contributed by atoms with E-state index in [0.717, 1.165) is 22.7 Å². The zero-order valence-electron chi connectivity index (χ0n) is 55.0. The first-order valence-corrected chi connectivity index (χ1v) is 31.8. The topological polar surface area (TPSA) is 6.48 Å². The van der Waals surface area contributed by atoms with E-state index in [1.807, 2.05) is 0 Å². The quantitative estimate of drug-likeness (QED) is 0.119. The molecule has 0 amide bonds. The number of hydrogen-bond donors (Lipinski definition) is 0. The van der Waals surface area contributed by atoms with E-state index in [9.17, 15) is 0 Å². The van der Waals surface area contributed by atoms with Crippen LogP contribution in [-0.2, 0) is 32.5 Å². The van der Waals surface area contributed by atoms with Crippen LogP contribution in [0.4, 0.5) is 34.1 Å². The fourth-order valence-corrected chi connectivity index (χ4v) is 13.3. The van der Waals surface area contributed by atoms with Gasteiger partial charge in [-0.15, -0.1) is 0 Å². The van der Waals surface area contributed by atoms with Crippen molar-refractivity contribution in [2.45, 2.75) is 143 Å². The molecule has 2 aliphatic rings. The number of hydrogen-bond acceptors (Lipinski definition) is 2. The highest BCUT2D eigenvalue weighted by molar-refractivity contribution is 5.89. The third-order valence-corrected chi connectivity index (χ3v) is 18.9. The van der Waals surface area contributed by atoms with Crippen molar-refractivity contribution in [3.8, 4) is 33.4 Å². The molecule has 2 aliphatic carbocycles. The van der Waals surface area contributed by atoms with Gasteiger partial charge in [-0.25, -0.2) is 0 Å². The highest BCUT2D eigenvalue weighted by Crippen LogP contribution is 2.53. The minimum atomic E-state index is -0.182. The Hall–Kier alpha value is -8.72. The van der Waals surface area contributed by atoms with Crippen LogP contribution in [0.1, 0.15) is 178 Å². The van der Waals surface area contributed by atoms with Crippen LogP contribution < -0.4 is 9.80 Å². The van der Waals surface area contributed by atoms with Crippen LogP contribution in [0.15, 0.2) is 218 Å². The van der Waals surface area contributed by atoms with Gasteiger partial charge in [0.25, 0.3) is 0 Å². The molecule has 0 heterocycles. The van der Waals surface area contributed by atoms with Gasteiger partial charge < -0.3 is 9.80 Å². The van der Waals surface area contributed by atoms with Crippen LogP contribution in [0.25, 0.3) is 57.7 Å². The van der Waals surface area contributed by atoms with Crippen LogP contribution in [0.3, 0.4) is 0 Å². The molecule has 442 valence electrons. The molecule has 12 rings (SSSR count). The van der Waals surface area contributed by atoms with Gasteiger partial charge in [-0.05, 0) is 195 Å². The van der Waals surface area contributed by atoms with Gasteiger partial charge in [-0.3, -0.25) is 0 Å². The minimum Gasteiger partial charge on any atom is -0.310 e. The highest BCUT2D eigenvalue weighted by Gasteiger charge is 2.38. The molecule has 10 aromatic carbocycles. The molecule has 0 bridgehead atoms. The molecule has 2 heteroatoms. The highest BCUT2D eigenvalue weighted by atomic mass is 15.1.